The van der Waals surface area contributed by atoms with Gasteiger partial charge in [0.05, 0.1) is 5.56 Å². The molecule has 2 aromatic carbocycles. The van der Waals surface area contributed by atoms with Crippen LogP contribution in [0.3, 0.4) is 0 Å². The van der Waals surface area contributed by atoms with Gasteiger partial charge in [-0.3, -0.25) is 0 Å². The lowest BCUT2D eigenvalue weighted by atomic mass is 10.1. The summed E-state index contributed by atoms with van der Waals surface area (Å²) in [5.74, 6) is -1.25. The third-order valence-electron chi connectivity index (χ3n) is 3.20. The number of anilines is 1. The summed E-state index contributed by atoms with van der Waals surface area (Å²) in [6.45, 7) is 4.08. The average molecular weight is 297 g/mol. The molecule has 0 amide bonds. The molecule has 0 saturated heterocycles. The molecule has 0 bridgehead atoms. The molecule has 0 saturated carbocycles. The summed E-state index contributed by atoms with van der Waals surface area (Å²) in [7, 11) is 0. The third-order valence-corrected chi connectivity index (χ3v) is 3.20. The topological polar surface area (TPSA) is 12.0 Å². The van der Waals surface area contributed by atoms with Crippen LogP contribution < -0.4 is 5.32 Å². The van der Waals surface area contributed by atoms with Crippen LogP contribution in [0.25, 0.3) is 0 Å². The molecule has 0 aliphatic heterocycles. The first-order chi connectivity index (χ1) is 9.77. The number of hydrogen-bond donors (Lipinski definition) is 1. The highest BCUT2D eigenvalue weighted by Gasteiger charge is 2.34. The fourth-order valence-electron chi connectivity index (χ4n) is 2.11. The Morgan fingerprint density at radius 2 is 1.71 bits per heavy atom. The molecule has 21 heavy (non-hydrogen) atoms. The first kappa shape index (κ1) is 15.4. The number of benzene rings is 2. The Morgan fingerprint density at radius 1 is 1.00 bits per heavy atom. The van der Waals surface area contributed by atoms with Gasteiger partial charge in [0.25, 0.3) is 0 Å². The van der Waals surface area contributed by atoms with Crippen molar-refractivity contribution in [1.29, 1.82) is 0 Å². The van der Waals surface area contributed by atoms with Crippen molar-refractivity contribution >= 4 is 5.69 Å². The van der Waals surface area contributed by atoms with Crippen molar-refractivity contribution in [3.63, 3.8) is 0 Å². The Bertz CT molecular complexity index is 647. The van der Waals surface area contributed by atoms with Crippen molar-refractivity contribution in [2.75, 3.05) is 5.32 Å². The molecular formula is C16H15F4N. The second-order valence-electron chi connectivity index (χ2n) is 4.98. The first-order valence-corrected chi connectivity index (χ1v) is 6.44. The van der Waals surface area contributed by atoms with Crippen LogP contribution in [0, 0.1) is 19.7 Å². The van der Waals surface area contributed by atoms with E-state index in [4.69, 9.17) is 0 Å². The van der Waals surface area contributed by atoms with Gasteiger partial charge in [0, 0.05) is 12.2 Å². The van der Waals surface area contributed by atoms with Crippen molar-refractivity contribution in [1.82, 2.24) is 0 Å². The summed E-state index contributed by atoms with van der Waals surface area (Å²) in [6.07, 6.45) is -4.68. The minimum atomic E-state index is -4.68. The molecule has 2 rings (SSSR count). The Balaban J connectivity index is 2.17. The van der Waals surface area contributed by atoms with Gasteiger partial charge in [-0.15, -0.1) is 0 Å². The predicted molar refractivity (Wildman–Crippen MR) is 74.6 cm³/mol. The molecule has 0 aliphatic carbocycles. The molecule has 0 unspecified atom stereocenters. The molecule has 0 heterocycles. The van der Waals surface area contributed by atoms with E-state index in [0.29, 0.717) is 5.56 Å². The van der Waals surface area contributed by atoms with Crippen LogP contribution in [0.2, 0.25) is 0 Å². The summed E-state index contributed by atoms with van der Waals surface area (Å²) in [4.78, 5) is 0. The molecule has 0 atom stereocenters. The molecule has 0 aromatic heterocycles. The van der Waals surface area contributed by atoms with Gasteiger partial charge in [-0.05, 0) is 43.2 Å². The second-order valence-corrected chi connectivity index (χ2v) is 4.98. The minimum absolute atomic E-state index is 0.202. The molecule has 5 heteroatoms. The zero-order chi connectivity index (χ0) is 15.6. The number of hydrogen-bond acceptors (Lipinski definition) is 1. The summed E-state index contributed by atoms with van der Waals surface area (Å²) < 4.78 is 51.1. The van der Waals surface area contributed by atoms with Gasteiger partial charge in [-0.2, -0.15) is 13.2 Å². The van der Waals surface area contributed by atoms with Crippen LogP contribution in [0.15, 0.2) is 36.4 Å². The van der Waals surface area contributed by atoms with Gasteiger partial charge in [-0.25, -0.2) is 4.39 Å². The number of nitrogens with one attached hydrogen (secondary N) is 1. The molecule has 1 N–H and O–H groups in total. The largest absolute Gasteiger partial charge is 0.419 e. The Kier molecular flexibility index (Phi) is 4.21. The normalized spacial score (nSPS) is 11.5. The van der Waals surface area contributed by atoms with Crippen LogP contribution >= 0.6 is 0 Å². The van der Waals surface area contributed by atoms with E-state index in [-0.39, 0.29) is 6.54 Å². The molecule has 0 spiro atoms. The third kappa shape index (κ3) is 3.74. The van der Waals surface area contributed by atoms with E-state index in [1.54, 1.807) is 0 Å². The SMILES string of the molecule is Cc1ccc(NCc2ccc(F)c(C(F)(F)F)c2)c(C)c1. The number of rotatable bonds is 3. The van der Waals surface area contributed by atoms with Crippen LogP contribution in [0.4, 0.5) is 23.2 Å². The van der Waals surface area contributed by atoms with E-state index in [0.717, 1.165) is 28.9 Å². The van der Waals surface area contributed by atoms with Crippen molar-refractivity contribution in [3.05, 3.63) is 64.5 Å². The highest BCUT2D eigenvalue weighted by Crippen LogP contribution is 2.32. The van der Waals surface area contributed by atoms with Crippen molar-refractivity contribution in [3.8, 4) is 0 Å². The Labute approximate surface area is 120 Å². The average Bonchev–Trinajstić information content (AvgIpc) is 2.38. The van der Waals surface area contributed by atoms with Gasteiger partial charge < -0.3 is 5.32 Å². The van der Waals surface area contributed by atoms with Crippen LogP contribution in [-0.2, 0) is 12.7 Å². The van der Waals surface area contributed by atoms with Gasteiger partial charge in [0.1, 0.15) is 5.82 Å². The maximum atomic E-state index is 13.2. The lowest BCUT2D eigenvalue weighted by Crippen LogP contribution is -2.10. The Hall–Kier alpha value is -2.04. The van der Waals surface area contributed by atoms with Crippen LogP contribution in [-0.4, -0.2) is 0 Å². The quantitative estimate of drug-likeness (QED) is 0.780. The van der Waals surface area contributed by atoms with Crippen molar-refractivity contribution in [2.45, 2.75) is 26.6 Å². The zero-order valence-electron chi connectivity index (χ0n) is 11.7. The lowest BCUT2D eigenvalue weighted by Gasteiger charge is -2.13. The zero-order valence-corrected chi connectivity index (χ0v) is 11.7. The maximum Gasteiger partial charge on any atom is 0.419 e. The van der Waals surface area contributed by atoms with Gasteiger partial charge in [0.15, 0.2) is 0 Å². The molecular weight excluding hydrogens is 282 g/mol. The molecule has 0 fully saturated rings. The van der Waals surface area contributed by atoms with Gasteiger partial charge in [-0.1, -0.05) is 23.8 Å². The highest BCUT2D eigenvalue weighted by molar-refractivity contribution is 5.52. The predicted octanol–water partition coefficient (Wildman–Crippen LogP) is 5.07. The maximum absolute atomic E-state index is 13.2. The molecule has 2 aromatic rings. The molecule has 112 valence electrons. The van der Waals surface area contributed by atoms with E-state index in [9.17, 15) is 17.6 Å². The summed E-state index contributed by atoms with van der Waals surface area (Å²) >= 11 is 0. The fourth-order valence-corrected chi connectivity index (χ4v) is 2.11. The smallest absolute Gasteiger partial charge is 0.381 e. The van der Waals surface area contributed by atoms with Gasteiger partial charge in [0.2, 0.25) is 0 Å². The molecule has 0 radical (unpaired) electrons. The van der Waals surface area contributed by atoms with E-state index in [1.807, 2.05) is 32.0 Å². The number of alkyl halides is 3. The van der Waals surface area contributed by atoms with Crippen LogP contribution in [0.1, 0.15) is 22.3 Å². The highest BCUT2D eigenvalue weighted by atomic mass is 19.4. The van der Waals surface area contributed by atoms with Crippen molar-refractivity contribution in [2.24, 2.45) is 0 Å². The summed E-state index contributed by atoms with van der Waals surface area (Å²) in [6, 6.07) is 8.81. The van der Waals surface area contributed by atoms with Crippen LogP contribution in [0.5, 0.6) is 0 Å². The fraction of sp³-hybridized carbons (Fsp3) is 0.250. The number of aryl methyl sites for hydroxylation is 2. The van der Waals surface area contributed by atoms with Gasteiger partial charge >= 0.3 is 6.18 Å². The van der Waals surface area contributed by atoms with E-state index in [2.05, 4.69) is 5.32 Å². The summed E-state index contributed by atoms with van der Waals surface area (Å²) in [5.41, 5.74) is 2.11. The monoisotopic (exact) mass is 297 g/mol. The molecule has 1 nitrogen and oxygen atoms in total. The van der Waals surface area contributed by atoms with E-state index < -0.39 is 17.6 Å². The minimum Gasteiger partial charge on any atom is -0.381 e. The van der Waals surface area contributed by atoms with E-state index >= 15 is 0 Å². The van der Waals surface area contributed by atoms with Crippen molar-refractivity contribution < 1.29 is 17.6 Å². The standard InChI is InChI=1S/C16H15F4N/c1-10-3-6-15(11(2)7-10)21-9-12-4-5-14(17)13(8-12)16(18,19)20/h3-8,21H,9H2,1-2H3. The summed E-state index contributed by atoms with van der Waals surface area (Å²) in [5, 5.41) is 3.06. The first-order valence-electron chi connectivity index (χ1n) is 6.44. The number of halogens is 4. The second kappa shape index (κ2) is 5.76. The Morgan fingerprint density at radius 3 is 2.33 bits per heavy atom. The van der Waals surface area contributed by atoms with E-state index in [1.165, 1.54) is 6.07 Å². The lowest BCUT2D eigenvalue weighted by molar-refractivity contribution is -0.140. The molecule has 0 aliphatic rings.